The van der Waals surface area contributed by atoms with Crippen LogP contribution >= 0.6 is 15.9 Å². The Bertz CT molecular complexity index is 576. The number of nitrogens with zero attached hydrogens (tertiary/aromatic N) is 1. The normalized spacial score (nSPS) is 21.6. The zero-order valence-electron chi connectivity index (χ0n) is 10.4. The summed E-state index contributed by atoms with van der Waals surface area (Å²) in [6.45, 7) is 3.58. The Morgan fingerprint density at radius 2 is 2.11 bits per heavy atom. The van der Waals surface area contributed by atoms with E-state index in [1.54, 1.807) is 18.4 Å². The number of hydrogen-bond donors (Lipinski definition) is 1. The lowest BCUT2D eigenvalue weighted by Gasteiger charge is -2.36. The van der Waals surface area contributed by atoms with Gasteiger partial charge in [-0.2, -0.15) is 0 Å². The first kappa shape index (κ1) is 13.3. The number of carbonyl (C=O) groups is 1. The number of hydrogen-bond acceptors (Lipinski definition) is 4. The van der Waals surface area contributed by atoms with Crippen LogP contribution in [0.3, 0.4) is 0 Å². The van der Waals surface area contributed by atoms with Crippen molar-refractivity contribution in [3.8, 4) is 5.75 Å². The SMILES string of the molecule is COc1c2n(cc(Br)c1=O)CC(O)C(C)(C)C2=O. The molecule has 0 aromatic carbocycles. The molecule has 1 unspecified atom stereocenters. The average Bonchev–Trinajstić information content (AvgIpc) is 2.30. The number of aliphatic hydroxyl groups is 1. The number of rotatable bonds is 1. The van der Waals surface area contributed by atoms with Gasteiger partial charge in [-0.25, -0.2) is 0 Å². The molecular formula is C12H14BrNO4. The fourth-order valence-corrected chi connectivity index (χ4v) is 2.47. The van der Waals surface area contributed by atoms with Crippen molar-refractivity contribution >= 4 is 21.7 Å². The maximum Gasteiger partial charge on any atom is 0.238 e. The molecule has 1 aromatic heterocycles. The van der Waals surface area contributed by atoms with E-state index in [0.29, 0.717) is 4.47 Å². The van der Waals surface area contributed by atoms with Crippen LogP contribution in [-0.4, -0.2) is 28.7 Å². The lowest BCUT2D eigenvalue weighted by atomic mass is 9.77. The molecule has 1 N–H and O–H groups in total. The van der Waals surface area contributed by atoms with Crippen LogP contribution in [0.2, 0.25) is 0 Å². The minimum Gasteiger partial charge on any atom is -0.491 e. The molecule has 98 valence electrons. The van der Waals surface area contributed by atoms with E-state index in [0.717, 1.165) is 0 Å². The van der Waals surface area contributed by atoms with Crippen LogP contribution in [0.15, 0.2) is 15.5 Å². The molecule has 2 heterocycles. The van der Waals surface area contributed by atoms with E-state index in [2.05, 4.69) is 15.9 Å². The first-order valence-corrected chi connectivity index (χ1v) is 6.29. The fourth-order valence-electron chi connectivity index (χ4n) is 2.04. The smallest absolute Gasteiger partial charge is 0.238 e. The predicted octanol–water partition coefficient (Wildman–Crippen LogP) is 1.20. The van der Waals surface area contributed by atoms with Crippen molar-refractivity contribution in [3.63, 3.8) is 0 Å². The van der Waals surface area contributed by atoms with Gasteiger partial charge in [0, 0.05) is 12.7 Å². The lowest BCUT2D eigenvalue weighted by molar-refractivity contribution is 0.0206. The van der Waals surface area contributed by atoms with Crippen molar-refractivity contribution in [2.75, 3.05) is 7.11 Å². The van der Waals surface area contributed by atoms with Gasteiger partial charge in [0.1, 0.15) is 5.69 Å². The summed E-state index contributed by atoms with van der Waals surface area (Å²) in [6.07, 6.45) is 0.716. The molecule has 0 aliphatic carbocycles. The third kappa shape index (κ3) is 1.71. The van der Waals surface area contributed by atoms with Crippen LogP contribution in [-0.2, 0) is 6.54 Å². The van der Waals surface area contributed by atoms with Crippen molar-refractivity contribution in [2.24, 2.45) is 5.41 Å². The number of halogens is 1. The van der Waals surface area contributed by atoms with Gasteiger partial charge in [-0.1, -0.05) is 0 Å². The summed E-state index contributed by atoms with van der Waals surface area (Å²) in [5.41, 5.74) is -1.06. The van der Waals surface area contributed by atoms with E-state index in [1.165, 1.54) is 13.3 Å². The molecule has 0 radical (unpaired) electrons. The third-order valence-electron chi connectivity index (χ3n) is 3.40. The van der Waals surface area contributed by atoms with Gasteiger partial charge in [0.2, 0.25) is 5.43 Å². The molecule has 1 aliphatic rings. The van der Waals surface area contributed by atoms with Crippen molar-refractivity contribution < 1.29 is 14.6 Å². The first-order valence-electron chi connectivity index (χ1n) is 5.50. The van der Waals surface area contributed by atoms with Crippen LogP contribution in [0.25, 0.3) is 0 Å². The van der Waals surface area contributed by atoms with Gasteiger partial charge in [-0.05, 0) is 29.8 Å². The van der Waals surface area contributed by atoms with Gasteiger partial charge in [0.05, 0.1) is 23.1 Å². The molecule has 0 amide bonds. The van der Waals surface area contributed by atoms with Crippen LogP contribution in [0.1, 0.15) is 24.3 Å². The summed E-state index contributed by atoms with van der Waals surface area (Å²) in [5, 5.41) is 10.0. The second kappa shape index (κ2) is 4.20. The zero-order chi connectivity index (χ0) is 13.7. The number of ketones is 1. The van der Waals surface area contributed by atoms with Crippen LogP contribution in [0, 0.1) is 5.41 Å². The van der Waals surface area contributed by atoms with E-state index >= 15 is 0 Å². The Balaban J connectivity index is 2.77. The molecule has 1 aromatic rings. The van der Waals surface area contributed by atoms with E-state index in [9.17, 15) is 14.7 Å². The summed E-state index contributed by atoms with van der Waals surface area (Å²) in [4.78, 5) is 24.3. The van der Waals surface area contributed by atoms with Gasteiger partial charge in [0.15, 0.2) is 11.5 Å². The molecule has 1 atom stereocenters. The molecule has 0 saturated heterocycles. The molecule has 6 heteroatoms. The Kier molecular flexibility index (Phi) is 3.11. The minimum absolute atomic E-state index is 0.0225. The quantitative estimate of drug-likeness (QED) is 0.845. The van der Waals surface area contributed by atoms with Crippen molar-refractivity contribution in [2.45, 2.75) is 26.5 Å². The number of aliphatic hydroxyl groups excluding tert-OH is 1. The van der Waals surface area contributed by atoms with Crippen molar-refractivity contribution in [1.29, 1.82) is 0 Å². The van der Waals surface area contributed by atoms with Crippen LogP contribution < -0.4 is 10.2 Å². The molecule has 18 heavy (non-hydrogen) atoms. The maximum absolute atomic E-state index is 12.4. The zero-order valence-corrected chi connectivity index (χ0v) is 11.9. The second-order valence-electron chi connectivity index (χ2n) is 4.91. The van der Waals surface area contributed by atoms with Gasteiger partial charge < -0.3 is 14.4 Å². The van der Waals surface area contributed by atoms with Crippen LogP contribution in [0.4, 0.5) is 0 Å². The van der Waals surface area contributed by atoms with Crippen molar-refractivity contribution in [1.82, 2.24) is 4.57 Å². The molecule has 5 nitrogen and oxygen atoms in total. The summed E-state index contributed by atoms with van der Waals surface area (Å²) >= 11 is 3.13. The number of aromatic nitrogens is 1. The van der Waals surface area contributed by atoms with E-state index < -0.39 is 11.5 Å². The first-order chi connectivity index (χ1) is 8.30. The molecular weight excluding hydrogens is 302 g/mol. The fraction of sp³-hybridized carbons (Fsp3) is 0.500. The number of ether oxygens (including phenoxy) is 1. The number of methoxy groups -OCH3 is 1. The summed E-state index contributed by atoms with van der Waals surface area (Å²) < 4.78 is 6.92. The molecule has 0 spiro atoms. The Hall–Kier alpha value is -1.14. The van der Waals surface area contributed by atoms with Gasteiger partial charge >= 0.3 is 0 Å². The Morgan fingerprint density at radius 1 is 1.50 bits per heavy atom. The monoisotopic (exact) mass is 315 g/mol. The summed E-state index contributed by atoms with van der Waals surface area (Å²) in [5.74, 6) is -0.267. The van der Waals surface area contributed by atoms with Gasteiger partial charge in [-0.3, -0.25) is 9.59 Å². The molecule has 0 bridgehead atoms. The highest BCUT2D eigenvalue weighted by atomic mass is 79.9. The Labute approximate surface area is 113 Å². The minimum atomic E-state index is -0.923. The van der Waals surface area contributed by atoms with E-state index in [4.69, 9.17) is 4.74 Å². The number of carbonyl (C=O) groups excluding carboxylic acids is 1. The molecule has 0 saturated carbocycles. The largest absolute Gasteiger partial charge is 0.491 e. The van der Waals surface area contributed by atoms with E-state index in [1.807, 2.05) is 0 Å². The highest BCUT2D eigenvalue weighted by Crippen LogP contribution is 2.35. The maximum atomic E-state index is 12.4. The predicted molar refractivity (Wildman–Crippen MR) is 69.1 cm³/mol. The molecule has 2 rings (SSSR count). The van der Waals surface area contributed by atoms with Gasteiger partial charge in [0.25, 0.3) is 0 Å². The number of Topliss-reactive ketones (excluding diaryl/α,β-unsaturated/α-hetero) is 1. The number of pyridine rings is 1. The topological polar surface area (TPSA) is 68.5 Å². The third-order valence-corrected chi connectivity index (χ3v) is 3.97. The highest BCUT2D eigenvalue weighted by molar-refractivity contribution is 9.10. The molecule has 1 aliphatic heterocycles. The summed E-state index contributed by atoms with van der Waals surface area (Å²) in [6, 6.07) is 0. The molecule has 0 fully saturated rings. The highest BCUT2D eigenvalue weighted by Gasteiger charge is 2.43. The number of fused-ring (bicyclic) bond motifs is 1. The van der Waals surface area contributed by atoms with Crippen molar-refractivity contribution in [3.05, 3.63) is 26.6 Å². The van der Waals surface area contributed by atoms with E-state index in [-0.39, 0.29) is 29.2 Å². The Morgan fingerprint density at radius 3 is 2.67 bits per heavy atom. The standard InChI is InChI=1S/C12H14BrNO4/c1-12(2)7(15)5-14-4-6(13)9(16)10(18-3)8(14)11(12)17/h4,7,15H,5H2,1-3H3. The lowest BCUT2D eigenvalue weighted by Crippen LogP contribution is -2.46. The summed E-state index contributed by atoms with van der Waals surface area (Å²) in [7, 11) is 1.36. The average molecular weight is 316 g/mol. The second-order valence-corrected chi connectivity index (χ2v) is 5.76. The van der Waals surface area contributed by atoms with Crippen LogP contribution in [0.5, 0.6) is 5.75 Å². The van der Waals surface area contributed by atoms with Gasteiger partial charge in [-0.15, -0.1) is 0 Å².